The van der Waals surface area contributed by atoms with E-state index in [-0.39, 0.29) is 11.5 Å². The first-order valence-corrected chi connectivity index (χ1v) is 8.26. The van der Waals surface area contributed by atoms with Crippen LogP contribution in [0, 0.1) is 13.8 Å². The van der Waals surface area contributed by atoms with E-state index >= 15 is 0 Å². The van der Waals surface area contributed by atoms with Gasteiger partial charge in [0.1, 0.15) is 0 Å². The van der Waals surface area contributed by atoms with Gasteiger partial charge in [-0.3, -0.25) is 4.79 Å². The summed E-state index contributed by atoms with van der Waals surface area (Å²) in [5.74, 6) is 1.38. The Morgan fingerprint density at radius 1 is 1.00 bits per heavy atom. The Labute approximate surface area is 145 Å². The van der Waals surface area contributed by atoms with Crippen molar-refractivity contribution in [3.05, 3.63) is 35.2 Å². The molecule has 2 rings (SSSR count). The molecule has 0 aliphatic carbocycles. The summed E-state index contributed by atoms with van der Waals surface area (Å²) in [6.45, 7) is 3.80. The highest BCUT2D eigenvalue weighted by atomic mass is 32.2. The van der Waals surface area contributed by atoms with Crippen LogP contribution < -0.4 is 14.2 Å². The highest BCUT2D eigenvalue weighted by Gasteiger charge is 2.21. The number of benzene rings is 1. The van der Waals surface area contributed by atoms with Crippen LogP contribution in [0.3, 0.4) is 0 Å². The zero-order valence-corrected chi connectivity index (χ0v) is 15.2. The molecule has 1 aromatic heterocycles. The van der Waals surface area contributed by atoms with Crippen molar-refractivity contribution in [3.63, 3.8) is 0 Å². The van der Waals surface area contributed by atoms with E-state index in [0.29, 0.717) is 28.0 Å². The second-order valence-electron chi connectivity index (χ2n) is 5.03. The van der Waals surface area contributed by atoms with E-state index in [9.17, 15) is 4.79 Å². The minimum atomic E-state index is -0.0967. The Morgan fingerprint density at radius 2 is 1.62 bits per heavy atom. The Morgan fingerprint density at radius 3 is 2.17 bits per heavy atom. The van der Waals surface area contributed by atoms with Gasteiger partial charge in [-0.1, -0.05) is 11.8 Å². The number of Topliss-reactive ketones (excluding diaryl/α,β-unsaturated/α-hetero) is 1. The van der Waals surface area contributed by atoms with Crippen molar-refractivity contribution in [3.8, 4) is 17.2 Å². The van der Waals surface area contributed by atoms with Crippen molar-refractivity contribution in [2.75, 3.05) is 27.1 Å². The number of aryl methyl sites for hydroxylation is 2. The third-order valence-corrected chi connectivity index (χ3v) is 4.15. The number of nitrogens with zero attached hydrogens (tertiary/aromatic N) is 2. The molecule has 0 unspecified atom stereocenters. The molecule has 0 saturated carbocycles. The van der Waals surface area contributed by atoms with Gasteiger partial charge in [-0.2, -0.15) is 0 Å². The molecule has 0 amide bonds. The van der Waals surface area contributed by atoms with Gasteiger partial charge < -0.3 is 14.2 Å². The number of methoxy groups -OCH3 is 3. The lowest BCUT2D eigenvalue weighted by atomic mass is 10.1. The first-order chi connectivity index (χ1) is 11.5. The lowest BCUT2D eigenvalue weighted by Crippen LogP contribution is -2.07. The summed E-state index contributed by atoms with van der Waals surface area (Å²) in [4.78, 5) is 21.2. The Kier molecular flexibility index (Phi) is 6.03. The van der Waals surface area contributed by atoms with Crippen LogP contribution in [-0.2, 0) is 0 Å². The van der Waals surface area contributed by atoms with Gasteiger partial charge in [0, 0.05) is 11.4 Å². The fourth-order valence-corrected chi connectivity index (χ4v) is 3.12. The predicted octanol–water partition coefficient (Wildman–Crippen LogP) is 3.09. The summed E-state index contributed by atoms with van der Waals surface area (Å²) in [5, 5.41) is 0.584. The number of thioether (sulfide) groups is 1. The smallest absolute Gasteiger partial charge is 0.204 e. The van der Waals surface area contributed by atoms with Gasteiger partial charge in [0.2, 0.25) is 5.75 Å². The van der Waals surface area contributed by atoms with Crippen molar-refractivity contribution in [1.82, 2.24) is 9.97 Å². The van der Waals surface area contributed by atoms with Crippen LogP contribution in [0.15, 0.2) is 23.4 Å². The van der Waals surface area contributed by atoms with Crippen LogP contribution in [0.1, 0.15) is 21.7 Å². The highest BCUT2D eigenvalue weighted by molar-refractivity contribution is 7.99. The molecular formula is C17H20N2O4S. The Hall–Kier alpha value is -2.28. The average Bonchev–Trinajstić information content (AvgIpc) is 2.57. The van der Waals surface area contributed by atoms with Gasteiger partial charge in [0.15, 0.2) is 22.4 Å². The molecule has 1 aromatic carbocycles. The van der Waals surface area contributed by atoms with Crippen LogP contribution in [-0.4, -0.2) is 42.8 Å². The zero-order valence-electron chi connectivity index (χ0n) is 14.4. The molecule has 1 heterocycles. The molecule has 128 valence electrons. The molecule has 0 atom stereocenters. The first kappa shape index (κ1) is 18.1. The van der Waals surface area contributed by atoms with Crippen LogP contribution in [0.25, 0.3) is 0 Å². The van der Waals surface area contributed by atoms with E-state index in [2.05, 4.69) is 9.97 Å². The van der Waals surface area contributed by atoms with Crippen LogP contribution in [0.5, 0.6) is 17.2 Å². The largest absolute Gasteiger partial charge is 0.493 e. The summed E-state index contributed by atoms with van der Waals surface area (Å²) in [6, 6.07) is 5.25. The molecule has 0 N–H and O–H groups in total. The number of rotatable bonds is 7. The number of hydrogen-bond acceptors (Lipinski definition) is 7. The van der Waals surface area contributed by atoms with Crippen molar-refractivity contribution in [1.29, 1.82) is 0 Å². The lowest BCUT2D eigenvalue weighted by molar-refractivity contribution is 0.101. The maximum absolute atomic E-state index is 12.6. The van der Waals surface area contributed by atoms with Gasteiger partial charge in [-0.15, -0.1) is 0 Å². The Balaban J connectivity index is 2.23. The standard InChI is InChI=1S/C17H20N2O4S/c1-10-8-11(2)19-17(18-10)24-9-13(20)12-6-7-14(21-3)16(23-5)15(12)22-4/h6-8H,9H2,1-5H3. The maximum Gasteiger partial charge on any atom is 0.204 e. The molecular weight excluding hydrogens is 328 g/mol. The molecule has 0 bridgehead atoms. The number of carbonyl (C=O) groups is 1. The summed E-state index contributed by atoms with van der Waals surface area (Å²) < 4.78 is 15.9. The number of aromatic nitrogens is 2. The van der Waals surface area contributed by atoms with E-state index in [1.165, 1.54) is 33.1 Å². The van der Waals surface area contributed by atoms with Gasteiger partial charge >= 0.3 is 0 Å². The van der Waals surface area contributed by atoms with Gasteiger partial charge in [0.25, 0.3) is 0 Å². The summed E-state index contributed by atoms with van der Waals surface area (Å²) >= 11 is 1.29. The third kappa shape index (κ3) is 3.97. The second-order valence-corrected chi connectivity index (χ2v) is 5.97. The third-order valence-electron chi connectivity index (χ3n) is 3.30. The SMILES string of the molecule is COc1ccc(C(=O)CSc2nc(C)cc(C)n2)c(OC)c1OC. The lowest BCUT2D eigenvalue weighted by Gasteiger charge is -2.15. The average molecular weight is 348 g/mol. The Bertz CT molecular complexity index is 729. The van der Waals surface area contributed by atoms with E-state index in [4.69, 9.17) is 14.2 Å². The fourth-order valence-electron chi connectivity index (χ4n) is 2.29. The monoisotopic (exact) mass is 348 g/mol. The van der Waals surface area contributed by atoms with E-state index in [1.807, 2.05) is 19.9 Å². The van der Waals surface area contributed by atoms with Crippen molar-refractivity contribution in [2.45, 2.75) is 19.0 Å². The number of hydrogen-bond donors (Lipinski definition) is 0. The fraction of sp³-hybridized carbons (Fsp3) is 0.353. The molecule has 0 fully saturated rings. The molecule has 0 aliphatic rings. The minimum absolute atomic E-state index is 0.0967. The van der Waals surface area contributed by atoms with Gasteiger partial charge in [-0.25, -0.2) is 9.97 Å². The van der Waals surface area contributed by atoms with Crippen LogP contribution in [0.4, 0.5) is 0 Å². The summed E-state index contributed by atoms with van der Waals surface area (Å²) in [7, 11) is 4.53. The predicted molar refractivity (Wildman–Crippen MR) is 92.7 cm³/mol. The van der Waals surface area contributed by atoms with Gasteiger partial charge in [0.05, 0.1) is 32.6 Å². The van der Waals surface area contributed by atoms with Crippen molar-refractivity contribution in [2.24, 2.45) is 0 Å². The molecule has 0 radical (unpaired) electrons. The van der Waals surface area contributed by atoms with Gasteiger partial charge in [-0.05, 0) is 32.0 Å². The highest BCUT2D eigenvalue weighted by Crippen LogP contribution is 2.40. The summed E-state index contributed by atoms with van der Waals surface area (Å²) in [5.41, 5.74) is 2.19. The maximum atomic E-state index is 12.6. The van der Waals surface area contributed by atoms with Crippen molar-refractivity contribution >= 4 is 17.5 Å². The number of ether oxygens (including phenoxy) is 3. The normalized spacial score (nSPS) is 10.4. The van der Waals surface area contributed by atoms with E-state index in [0.717, 1.165) is 11.4 Å². The molecule has 24 heavy (non-hydrogen) atoms. The molecule has 0 aliphatic heterocycles. The topological polar surface area (TPSA) is 70.5 Å². The quantitative estimate of drug-likeness (QED) is 0.432. The molecule has 2 aromatic rings. The molecule has 0 spiro atoms. The molecule has 6 nitrogen and oxygen atoms in total. The molecule has 0 saturated heterocycles. The number of ketones is 1. The minimum Gasteiger partial charge on any atom is -0.493 e. The van der Waals surface area contributed by atoms with Crippen molar-refractivity contribution < 1.29 is 19.0 Å². The summed E-state index contributed by atoms with van der Waals surface area (Å²) in [6.07, 6.45) is 0. The zero-order chi connectivity index (χ0) is 17.7. The first-order valence-electron chi connectivity index (χ1n) is 7.27. The van der Waals surface area contributed by atoms with E-state index < -0.39 is 0 Å². The number of carbonyl (C=O) groups excluding carboxylic acids is 1. The van der Waals surface area contributed by atoms with Crippen LogP contribution >= 0.6 is 11.8 Å². The van der Waals surface area contributed by atoms with E-state index in [1.54, 1.807) is 12.1 Å². The molecule has 7 heteroatoms. The van der Waals surface area contributed by atoms with Crippen LogP contribution in [0.2, 0.25) is 0 Å². The second kappa shape index (κ2) is 8.01.